The molecule has 16 heavy (non-hydrogen) atoms. The molecule has 0 aliphatic heterocycles. The summed E-state index contributed by atoms with van der Waals surface area (Å²) in [5, 5.41) is 9.25. The highest BCUT2D eigenvalue weighted by atomic mass is 16.5. The third-order valence-electron chi connectivity index (χ3n) is 2.54. The minimum atomic E-state index is -0.303. The van der Waals surface area contributed by atoms with Crippen LogP contribution in [0.5, 0.6) is 0 Å². The van der Waals surface area contributed by atoms with Gasteiger partial charge in [-0.3, -0.25) is 4.79 Å². The molecule has 1 heterocycles. The highest BCUT2D eigenvalue weighted by Gasteiger charge is 2.16. The molecule has 1 rings (SSSR count). The first kappa shape index (κ1) is 12.8. The first-order valence-corrected chi connectivity index (χ1v) is 5.69. The van der Waals surface area contributed by atoms with E-state index < -0.39 is 0 Å². The molecule has 3 heteroatoms. The zero-order valence-corrected chi connectivity index (χ0v) is 10.5. The standard InChI is InChI=1S/C13H21NO2/c1-10(9-13(2,3)4)8-11-6-5-7-14(16)12(11)15/h5-7,10,16H,8-9H2,1-4H3. The summed E-state index contributed by atoms with van der Waals surface area (Å²) in [6.07, 6.45) is 3.14. The highest BCUT2D eigenvalue weighted by molar-refractivity contribution is 5.10. The van der Waals surface area contributed by atoms with Crippen LogP contribution in [0.25, 0.3) is 0 Å². The molecule has 1 unspecified atom stereocenters. The number of pyridine rings is 1. The van der Waals surface area contributed by atoms with Crippen molar-refractivity contribution in [3.05, 3.63) is 34.2 Å². The quantitative estimate of drug-likeness (QED) is 0.800. The van der Waals surface area contributed by atoms with Gasteiger partial charge in [-0.15, -0.1) is 0 Å². The molecule has 3 nitrogen and oxygen atoms in total. The van der Waals surface area contributed by atoms with Gasteiger partial charge in [-0.1, -0.05) is 33.8 Å². The van der Waals surface area contributed by atoms with Gasteiger partial charge in [0.2, 0.25) is 0 Å². The monoisotopic (exact) mass is 223 g/mol. The van der Waals surface area contributed by atoms with Crippen LogP contribution in [-0.2, 0) is 6.42 Å². The summed E-state index contributed by atoms with van der Waals surface area (Å²) in [4.78, 5) is 11.6. The first-order valence-electron chi connectivity index (χ1n) is 5.69. The third kappa shape index (κ3) is 3.72. The van der Waals surface area contributed by atoms with Crippen molar-refractivity contribution in [2.75, 3.05) is 0 Å². The molecule has 1 aromatic rings. The van der Waals surface area contributed by atoms with Gasteiger partial charge in [-0.2, -0.15) is 4.73 Å². The number of nitrogens with zero attached hydrogens (tertiary/aromatic N) is 1. The second-order valence-corrected chi connectivity index (χ2v) is 5.76. The van der Waals surface area contributed by atoms with Crippen LogP contribution in [0, 0.1) is 11.3 Å². The van der Waals surface area contributed by atoms with E-state index in [1.807, 2.05) is 0 Å². The van der Waals surface area contributed by atoms with Gasteiger partial charge in [-0.05, 0) is 30.2 Å². The van der Waals surface area contributed by atoms with E-state index in [9.17, 15) is 10.0 Å². The Kier molecular flexibility index (Phi) is 3.79. The fourth-order valence-corrected chi connectivity index (χ4v) is 2.18. The lowest BCUT2D eigenvalue weighted by Gasteiger charge is -2.23. The van der Waals surface area contributed by atoms with Crippen molar-refractivity contribution in [3.8, 4) is 0 Å². The Balaban J connectivity index is 2.74. The van der Waals surface area contributed by atoms with E-state index in [-0.39, 0.29) is 11.0 Å². The summed E-state index contributed by atoms with van der Waals surface area (Å²) < 4.78 is 0.652. The predicted molar refractivity (Wildman–Crippen MR) is 64.8 cm³/mol. The Morgan fingerprint density at radius 2 is 2.06 bits per heavy atom. The van der Waals surface area contributed by atoms with Crippen molar-refractivity contribution in [3.63, 3.8) is 0 Å². The van der Waals surface area contributed by atoms with Crippen molar-refractivity contribution in [1.82, 2.24) is 4.73 Å². The van der Waals surface area contributed by atoms with Crippen molar-refractivity contribution >= 4 is 0 Å². The van der Waals surface area contributed by atoms with Gasteiger partial charge in [0.15, 0.2) is 0 Å². The van der Waals surface area contributed by atoms with Crippen molar-refractivity contribution < 1.29 is 5.21 Å². The molecule has 0 radical (unpaired) electrons. The predicted octanol–water partition coefficient (Wildman–Crippen LogP) is 2.70. The maximum atomic E-state index is 11.6. The lowest BCUT2D eigenvalue weighted by Crippen LogP contribution is -2.23. The van der Waals surface area contributed by atoms with E-state index >= 15 is 0 Å². The molecule has 0 amide bonds. The summed E-state index contributed by atoms with van der Waals surface area (Å²) in [7, 11) is 0. The third-order valence-corrected chi connectivity index (χ3v) is 2.54. The molecule has 0 aliphatic rings. The Hall–Kier alpha value is -1.25. The highest BCUT2D eigenvalue weighted by Crippen LogP contribution is 2.25. The molecule has 0 fully saturated rings. The van der Waals surface area contributed by atoms with E-state index in [0.29, 0.717) is 16.2 Å². The molecule has 0 aromatic carbocycles. The lowest BCUT2D eigenvalue weighted by molar-refractivity contribution is 0.173. The molecule has 0 bridgehead atoms. The second-order valence-electron chi connectivity index (χ2n) is 5.76. The summed E-state index contributed by atoms with van der Waals surface area (Å²) in [6.45, 7) is 8.72. The average Bonchev–Trinajstić information content (AvgIpc) is 2.09. The van der Waals surface area contributed by atoms with Crippen LogP contribution in [0.2, 0.25) is 0 Å². The number of hydrogen-bond acceptors (Lipinski definition) is 2. The second kappa shape index (κ2) is 4.73. The van der Waals surface area contributed by atoms with Crippen LogP contribution in [0.15, 0.2) is 23.1 Å². The fourth-order valence-electron chi connectivity index (χ4n) is 2.18. The van der Waals surface area contributed by atoms with Crippen molar-refractivity contribution in [1.29, 1.82) is 0 Å². The lowest BCUT2D eigenvalue weighted by atomic mass is 9.83. The molecular weight excluding hydrogens is 202 g/mol. The fraction of sp³-hybridized carbons (Fsp3) is 0.615. The summed E-state index contributed by atoms with van der Waals surface area (Å²) in [5.41, 5.74) is 0.650. The number of hydrogen-bond donors (Lipinski definition) is 1. The largest absolute Gasteiger partial charge is 0.425 e. The van der Waals surface area contributed by atoms with Crippen molar-refractivity contribution in [2.45, 2.75) is 40.5 Å². The molecule has 0 saturated carbocycles. The minimum Gasteiger partial charge on any atom is -0.425 e. The van der Waals surface area contributed by atoms with Crippen molar-refractivity contribution in [2.24, 2.45) is 11.3 Å². The van der Waals surface area contributed by atoms with Gasteiger partial charge in [0.25, 0.3) is 5.56 Å². The maximum absolute atomic E-state index is 11.6. The zero-order chi connectivity index (χ0) is 12.3. The molecular formula is C13H21NO2. The zero-order valence-electron chi connectivity index (χ0n) is 10.5. The Labute approximate surface area is 96.7 Å². The van der Waals surface area contributed by atoms with Crippen LogP contribution >= 0.6 is 0 Å². The van der Waals surface area contributed by atoms with Gasteiger partial charge in [0.1, 0.15) is 0 Å². The van der Waals surface area contributed by atoms with E-state index in [1.165, 1.54) is 6.20 Å². The van der Waals surface area contributed by atoms with E-state index in [4.69, 9.17) is 0 Å². The molecule has 90 valence electrons. The molecule has 1 aromatic heterocycles. The van der Waals surface area contributed by atoms with Gasteiger partial charge in [-0.25, -0.2) is 0 Å². The SMILES string of the molecule is CC(Cc1cccn(O)c1=O)CC(C)(C)C. The van der Waals surface area contributed by atoms with Crippen LogP contribution in [0.4, 0.5) is 0 Å². The van der Waals surface area contributed by atoms with E-state index in [2.05, 4.69) is 27.7 Å². The Bertz CT molecular complexity index is 401. The maximum Gasteiger partial charge on any atom is 0.285 e. The van der Waals surface area contributed by atoms with E-state index in [1.54, 1.807) is 12.1 Å². The summed E-state index contributed by atoms with van der Waals surface area (Å²) >= 11 is 0. The smallest absolute Gasteiger partial charge is 0.285 e. The normalized spacial score (nSPS) is 13.8. The van der Waals surface area contributed by atoms with Gasteiger partial charge < -0.3 is 5.21 Å². The topological polar surface area (TPSA) is 42.2 Å². The average molecular weight is 223 g/mol. The first-order chi connectivity index (χ1) is 7.29. The minimum absolute atomic E-state index is 0.270. The number of rotatable bonds is 3. The van der Waals surface area contributed by atoms with Crippen LogP contribution in [0.3, 0.4) is 0 Å². The van der Waals surface area contributed by atoms with E-state index in [0.717, 1.165) is 12.8 Å². The van der Waals surface area contributed by atoms with Gasteiger partial charge in [0.05, 0.1) is 0 Å². The van der Waals surface area contributed by atoms with Crippen LogP contribution in [0.1, 0.15) is 39.7 Å². The molecule has 0 aliphatic carbocycles. The van der Waals surface area contributed by atoms with Gasteiger partial charge >= 0.3 is 0 Å². The summed E-state index contributed by atoms with van der Waals surface area (Å²) in [6, 6.07) is 3.48. The van der Waals surface area contributed by atoms with Crippen LogP contribution in [-0.4, -0.2) is 9.94 Å². The molecule has 0 spiro atoms. The molecule has 0 saturated heterocycles. The van der Waals surface area contributed by atoms with Gasteiger partial charge in [0, 0.05) is 11.8 Å². The Morgan fingerprint density at radius 1 is 1.44 bits per heavy atom. The number of aromatic nitrogens is 1. The molecule has 1 N–H and O–H groups in total. The molecule has 1 atom stereocenters. The summed E-state index contributed by atoms with van der Waals surface area (Å²) in [5.74, 6) is 0.440. The Morgan fingerprint density at radius 3 is 2.62 bits per heavy atom. The van der Waals surface area contributed by atoms with Crippen LogP contribution < -0.4 is 5.56 Å².